The first-order valence-electron chi connectivity index (χ1n) is 38.2. The highest BCUT2D eigenvalue weighted by Crippen LogP contribution is 2.45. The minimum atomic E-state index is -4.96. The number of aliphatic hydroxyl groups excluding tert-OH is 1. The molecule has 0 aromatic carbocycles. The van der Waals surface area contributed by atoms with Gasteiger partial charge in [-0.2, -0.15) is 0 Å². The van der Waals surface area contributed by atoms with E-state index in [1.54, 1.807) is 0 Å². The highest BCUT2D eigenvalue weighted by molar-refractivity contribution is 7.47. The van der Waals surface area contributed by atoms with Crippen LogP contribution in [0.5, 0.6) is 0 Å². The van der Waals surface area contributed by atoms with Gasteiger partial charge in [-0.25, -0.2) is 9.13 Å². The molecule has 5 atom stereocenters. The molecule has 0 aromatic heterocycles. The van der Waals surface area contributed by atoms with E-state index in [2.05, 4.69) is 55.4 Å². The molecule has 0 aliphatic rings. The Morgan fingerprint density at radius 3 is 0.667 bits per heavy atom. The zero-order chi connectivity index (χ0) is 68.9. The van der Waals surface area contributed by atoms with Gasteiger partial charge < -0.3 is 33.8 Å². The van der Waals surface area contributed by atoms with Crippen LogP contribution in [0.1, 0.15) is 370 Å². The minimum Gasteiger partial charge on any atom is -0.462 e. The number of esters is 4. The van der Waals surface area contributed by atoms with Crippen LogP contribution >= 0.6 is 15.6 Å². The number of hydrogen-bond acceptors (Lipinski definition) is 15. The third-order valence-electron chi connectivity index (χ3n) is 17.1. The van der Waals surface area contributed by atoms with Gasteiger partial charge in [0, 0.05) is 25.7 Å². The van der Waals surface area contributed by atoms with Gasteiger partial charge in [-0.05, 0) is 49.4 Å². The van der Waals surface area contributed by atoms with Gasteiger partial charge in [0.15, 0.2) is 12.2 Å². The van der Waals surface area contributed by atoms with E-state index < -0.39 is 97.5 Å². The van der Waals surface area contributed by atoms with Gasteiger partial charge in [0.1, 0.15) is 19.3 Å². The second kappa shape index (κ2) is 63.5. The second-order valence-electron chi connectivity index (χ2n) is 28.6. The number of aliphatic hydroxyl groups is 1. The summed E-state index contributed by atoms with van der Waals surface area (Å²) < 4.78 is 68.4. The highest BCUT2D eigenvalue weighted by Gasteiger charge is 2.30. The van der Waals surface area contributed by atoms with E-state index in [4.69, 9.17) is 37.0 Å². The SMILES string of the molecule is CC(C)CCCCCCCCCCCCCCCC(=O)OC[C@H](COP(=O)(O)OCC(O)COP(=O)(O)OC[C@@H](COC(=O)CCCCCCCCCC(C)C)OC(=O)CCCCCCCCCCCCCCC(C)C)OC(=O)CCCCCCCCCCCC(C)C. The van der Waals surface area contributed by atoms with Gasteiger partial charge in [-0.15, -0.1) is 0 Å². The third kappa shape index (κ3) is 68.4. The van der Waals surface area contributed by atoms with Crippen LogP contribution in [0.3, 0.4) is 0 Å². The van der Waals surface area contributed by atoms with Crippen molar-refractivity contribution in [2.45, 2.75) is 388 Å². The van der Waals surface area contributed by atoms with Crippen molar-refractivity contribution in [1.82, 2.24) is 0 Å². The smallest absolute Gasteiger partial charge is 0.462 e. The maximum Gasteiger partial charge on any atom is 0.472 e. The van der Waals surface area contributed by atoms with Crippen LogP contribution in [-0.2, 0) is 65.4 Å². The molecule has 0 amide bonds. The monoisotopic (exact) mass is 1370 g/mol. The first kappa shape index (κ1) is 91.1. The molecule has 17 nitrogen and oxygen atoms in total. The molecule has 0 bridgehead atoms. The lowest BCUT2D eigenvalue weighted by Crippen LogP contribution is -2.30. The Labute approximate surface area is 568 Å². The fourth-order valence-electron chi connectivity index (χ4n) is 11.2. The predicted molar refractivity (Wildman–Crippen MR) is 377 cm³/mol. The summed E-state index contributed by atoms with van der Waals surface area (Å²) in [7, 11) is -9.91. The minimum absolute atomic E-state index is 0.105. The third-order valence-corrected chi connectivity index (χ3v) is 19.0. The van der Waals surface area contributed by atoms with Crippen LogP contribution in [0.15, 0.2) is 0 Å². The Morgan fingerprint density at radius 1 is 0.269 bits per heavy atom. The number of rotatable bonds is 71. The maximum atomic E-state index is 13.1. The van der Waals surface area contributed by atoms with Gasteiger partial charge in [0.2, 0.25) is 0 Å². The molecule has 0 radical (unpaired) electrons. The topological polar surface area (TPSA) is 237 Å². The Bertz CT molecular complexity index is 1830. The van der Waals surface area contributed by atoms with Crippen molar-refractivity contribution in [3.05, 3.63) is 0 Å². The van der Waals surface area contributed by atoms with E-state index >= 15 is 0 Å². The fraction of sp³-hybridized carbons (Fsp3) is 0.946. The fourth-order valence-corrected chi connectivity index (χ4v) is 12.8. The molecule has 0 aliphatic heterocycles. The molecule has 0 saturated heterocycles. The lowest BCUT2D eigenvalue weighted by atomic mass is 10.0. The van der Waals surface area contributed by atoms with Gasteiger partial charge in [-0.3, -0.25) is 37.3 Å². The molecule has 0 aromatic rings. The molecule has 3 N–H and O–H groups in total. The second-order valence-corrected chi connectivity index (χ2v) is 31.5. The average Bonchev–Trinajstić information content (AvgIpc) is 2.35. The largest absolute Gasteiger partial charge is 0.472 e. The summed E-state index contributed by atoms with van der Waals surface area (Å²) >= 11 is 0. The summed E-state index contributed by atoms with van der Waals surface area (Å²) in [4.78, 5) is 72.7. The van der Waals surface area contributed by atoms with Crippen LogP contribution < -0.4 is 0 Å². The standard InChI is InChI=1S/C74H144O17P2/c1-64(2)50-42-34-26-19-14-10-9-11-16-22-30-38-46-54-71(76)84-60-69(91-74(79)57-49-41-32-24-18-21-28-36-44-52-66(5)6)62-88-92(80,81)86-58-68(75)59-87-93(82,83)89-63-70(61-85-72(77)55-47-39-33-25-29-37-45-53-67(7)8)90-73(78)56-48-40-31-23-17-13-12-15-20-27-35-43-51-65(3)4/h64-70,75H,9-63H2,1-8H3,(H,80,81)(H,82,83)/t68?,69-,70-/m1/s1. The Morgan fingerprint density at radius 2 is 0.452 bits per heavy atom. The number of hydrogen-bond donors (Lipinski definition) is 3. The summed E-state index contributed by atoms with van der Waals surface area (Å²) in [5, 5.41) is 10.6. The average molecular weight is 1370 g/mol. The van der Waals surface area contributed by atoms with E-state index in [9.17, 15) is 43.2 Å². The quantitative estimate of drug-likeness (QED) is 0.0222. The van der Waals surface area contributed by atoms with Crippen molar-refractivity contribution in [2.75, 3.05) is 39.6 Å². The molecule has 0 spiro atoms. The van der Waals surface area contributed by atoms with Crippen LogP contribution in [0.2, 0.25) is 0 Å². The zero-order valence-corrected chi connectivity index (χ0v) is 62.7. The van der Waals surface area contributed by atoms with E-state index in [-0.39, 0.29) is 25.7 Å². The van der Waals surface area contributed by atoms with Crippen molar-refractivity contribution in [1.29, 1.82) is 0 Å². The molecular formula is C74H144O17P2. The molecule has 93 heavy (non-hydrogen) atoms. The van der Waals surface area contributed by atoms with Crippen LogP contribution in [-0.4, -0.2) is 96.7 Å². The molecule has 0 heterocycles. The van der Waals surface area contributed by atoms with E-state index in [0.717, 1.165) is 114 Å². The van der Waals surface area contributed by atoms with E-state index in [0.29, 0.717) is 31.6 Å². The van der Waals surface area contributed by atoms with Crippen molar-refractivity contribution in [3.8, 4) is 0 Å². The van der Waals surface area contributed by atoms with Crippen molar-refractivity contribution in [2.24, 2.45) is 23.7 Å². The van der Waals surface area contributed by atoms with Crippen LogP contribution in [0, 0.1) is 23.7 Å². The molecule has 0 rings (SSSR count). The maximum absolute atomic E-state index is 13.1. The van der Waals surface area contributed by atoms with Crippen molar-refractivity contribution < 1.29 is 80.2 Å². The van der Waals surface area contributed by atoms with Gasteiger partial charge >= 0.3 is 39.5 Å². The van der Waals surface area contributed by atoms with Crippen molar-refractivity contribution >= 4 is 39.5 Å². The van der Waals surface area contributed by atoms with Crippen LogP contribution in [0.4, 0.5) is 0 Å². The molecule has 3 unspecified atom stereocenters. The molecule has 0 aliphatic carbocycles. The zero-order valence-electron chi connectivity index (χ0n) is 60.9. The normalized spacial score (nSPS) is 14.2. The number of carbonyl (C=O) groups excluding carboxylic acids is 4. The molecule has 552 valence electrons. The first-order chi connectivity index (χ1) is 44.6. The Kier molecular flexibility index (Phi) is 62.2. The Hall–Kier alpha value is -1.94. The lowest BCUT2D eigenvalue weighted by Gasteiger charge is -2.21. The lowest BCUT2D eigenvalue weighted by molar-refractivity contribution is -0.161. The number of phosphoric acid groups is 2. The number of unbranched alkanes of at least 4 members (excludes halogenated alkanes) is 37. The molecule has 0 saturated carbocycles. The molecular weight excluding hydrogens is 1220 g/mol. The number of ether oxygens (including phenoxy) is 4. The van der Waals surface area contributed by atoms with E-state index in [1.807, 2.05) is 0 Å². The Balaban J connectivity index is 5.24. The first-order valence-corrected chi connectivity index (χ1v) is 41.2. The number of phosphoric ester groups is 2. The summed E-state index contributed by atoms with van der Waals surface area (Å²) in [5.74, 6) is 0.885. The number of carbonyl (C=O) groups is 4. The summed E-state index contributed by atoms with van der Waals surface area (Å²) in [6.45, 7) is 14.1. The highest BCUT2D eigenvalue weighted by atomic mass is 31.2. The summed E-state index contributed by atoms with van der Waals surface area (Å²) in [5.41, 5.74) is 0. The van der Waals surface area contributed by atoms with Gasteiger partial charge in [0.25, 0.3) is 0 Å². The van der Waals surface area contributed by atoms with Gasteiger partial charge in [-0.1, -0.05) is 319 Å². The molecule has 0 fully saturated rings. The summed E-state index contributed by atoms with van der Waals surface area (Å²) in [6.07, 6.45) is 47.2. The molecule has 19 heteroatoms. The van der Waals surface area contributed by atoms with E-state index in [1.165, 1.54) is 167 Å². The van der Waals surface area contributed by atoms with Crippen LogP contribution in [0.25, 0.3) is 0 Å². The summed E-state index contributed by atoms with van der Waals surface area (Å²) in [6, 6.07) is 0. The predicted octanol–water partition coefficient (Wildman–Crippen LogP) is 21.3. The van der Waals surface area contributed by atoms with Gasteiger partial charge in [0.05, 0.1) is 26.4 Å². The van der Waals surface area contributed by atoms with Crippen molar-refractivity contribution in [3.63, 3.8) is 0 Å².